The first-order valence-corrected chi connectivity index (χ1v) is 5.90. The van der Waals surface area contributed by atoms with Crippen molar-refractivity contribution in [1.29, 1.82) is 0 Å². The van der Waals surface area contributed by atoms with Crippen LogP contribution in [0.15, 0.2) is 0 Å². The minimum atomic E-state index is 0.598. The number of likely N-dealkylation sites (N-methyl/N-ethyl adjacent to an activating group) is 2. The smallest absolute Gasteiger partial charge is 0.0107 e. The maximum Gasteiger partial charge on any atom is 0.0107 e. The third-order valence-electron chi connectivity index (χ3n) is 3.65. The Morgan fingerprint density at radius 1 is 1.29 bits per heavy atom. The molecule has 2 nitrogen and oxygen atoms in total. The van der Waals surface area contributed by atoms with Crippen molar-refractivity contribution in [2.45, 2.75) is 45.6 Å². The molecular formula is C12H26N2. The quantitative estimate of drug-likeness (QED) is 0.744. The fourth-order valence-corrected chi connectivity index (χ4v) is 2.30. The number of rotatable bonds is 4. The average Bonchev–Trinajstić information content (AvgIpc) is 2.14. The minimum Gasteiger partial charge on any atom is -0.318 e. The monoisotopic (exact) mass is 198 g/mol. The molecule has 14 heavy (non-hydrogen) atoms. The largest absolute Gasteiger partial charge is 0.318 e. The predicted octanol–water partition coefficient (Wildman–Crippen LogP) is 2.11. The van der Waals surface area contributed by atoms with Crippen LogP contribution in [-0.2, 0) is 0 Å². The van der Waals surface area contributed by atoms with E-state index < -0.39 is 0 Å². The highest BCUT2D eigenvalue weighted by Crippen LogP contribution is 2.36. The van der Waals surface area contributed by atoms with Gasteiger partial charge < -0.3 is 10.2 Å². The van der Waals surface area contributed by atoms with Gasteiger partial charge in [0.05, 0.1) is 0 Å². The van der Waals surface area contributed by atoms with Crippen molar-refractivity contribution in [2.75, 3.05) is 27.2 Å². The van der Waals surface area contributed by atoms with Crippen LogP contribution >= 0.6 is 0 Å². The molecule has 1 aliphatic rings. The second-order valence-electron chi connectivity index (χ2n) is 5.48. The Balaban J connectivity index is 2.27. The Bertz CT molecular complexity index is 156. The Morgan fingerprint density at radius 3 is 2.36 bits per heavy atom. The molecule has 2 heteroatoms. The Morgan fingerprint density at radius 2 is 1.86 bits per heavy atom. The molecule has 0 aromatic rings. The summed E-state index contributed by atoms with van der Waals surface area (Å²) in [7, 11) is 4.29. The minimum absolute atomic E-state index is 0.598. The predicted molar refractivity (Wildman–Crippen MR) is 62.6 cm³/mol. The summed E-state index contributed by atoms with van der Waals surface area (Å²) in [5, 5.41) is 3.21. The Labute approximate surface area is 89.1 Å². The van der Waals surface area contributed by atoms with Crippen LogP contribution in [0.3, 0.4) is 0 Å². The van der Waals surface area contributed by atoms with Crippen LogP contribution in [0.25, 0.3) is 0 Å². The molecule has 1 aliphatic carbocycles. The summed E-state index contributed by atoms with van der Waals surface area (Å²) in [6.07, 6.45) is 5.55. The summed E-state index contributed by atoms with van der Waals surface area (Å²) >= 11 is 0. The number of hydrogen-bond donors (Lipinski definition) is 1. The van der Waals surface area contributed by atoms with Crippen molar-refractivity contribution >= 4 is 0 Å². The van der Waals surface area contributed by atoms with Gasteiger partial charge in [0, 0.05) is 19.1 Å². The first-order valence-electron chi connectivity index (χ1n) is 5.90. The lowest BCUT2D eigenvalue weighted by molar-refractivity contribution is 0.129. The number of nitrogens with zero attached hydrogens (tertiary/aromatic N) is 1. The van der Waals surface area contributed by atoms with Crippen LogP contribution < -0.4 is 5.32 Å². The van der Waals surface area contributed by atoms with Crippen LogP contribution in [0.2, 0.25) is 0 Å². The standard InChI is InChI=1S/C12H26N2/c1-12(2)7-5-11(6-8-12)14(4)10-9-13-3/h11,13H,5-10H2,1-4H3. The molecule has 0 radical (unpaired) electrons. The Kier molecular flexibility index (Phi) is 4.39. The van der Waals surface area contributed by atoms with E-state index >= 15 is 0 Å². The molecule has 0 saturated heterocycles. The first kappa shape index (κ1) is 12.0. The fraction of sp³-hybridized carbons (Fsp3) is 1.00. The molecule has 0 bridgehead atoms. The molecular weight excluding hydrogens is 172 g/mol. The van der Waals surface area contributed by atoms with Crippen LogP contribution in [0, 0.1) is 5.41 Å². The molecule has 0 unspecified atom stereocenters. The molecule has 1 fully saturated rings. The van der Waals surface area contributed by atoms with E-state index in [2.05, 4.69) is 31.1 Å². The number of nitrogens with one attached hydrogen (secondary N) is 1. The highest BCUT2D eigenvalue weighted by Gasteiger charge is 2.28. The lowest BCUT2D eigenvalue weighted by atomic mass is 9.75. The third-order valence-corrected chi connectivity index (χ3v) is 3.65. The van der Waals surface area contributed by atoms with Crippen molar-refractivity contribution in [3.8, 4) is 0 Å². The highest BCUT2D eigenvalue weighted by atomic mass is 15.1. The summed E-state index contributed by atoms with van der Waals surface area (Å²) < 4.78 is 0. The maximum atomic E-state index is 3.21. The van der Waals surface area contributed by atoms with Crippen molar-refractivity contribution in [3.05, 3.63) is 0 Å². The van der Waals surface area contributed by atoms with Crippen LogP contribution in [0.1, 0.15) is 39.5 Å². The van der Waals surface area contributed by atoms with Crippen LogP contribution in [0.4, 0.5) is 0 Å². The molecule has 0 aromatic carbocycles. The first-order chi connectivity index (χ1) is 6.55. The SMILES string of the molecule is CNCCN(C)C1CCC(C)(C)CC1. The van der Waals surface area contributed by atoms with E-state index in [-0.39, 0.29) is 0 Å². The van der Waals surface area contributed by atoms with Gasteiger partial charge in [-0.25, -0.2) is 0 Å². The van der Waals surface area contributed by atoms with Crippen molar-refractivity contribution in [2.24, 2.45) is 5.41 Å². The van der Waals surface area contributed by atoms with Gasteiger partial charge in [-0.05, 0) is 45.2 Å². The van der Waals surface area contributed by atoms with Gasteiger partial charge in [-0.2, -0.15) is 0 Å². The van der Waals surface area contributed by atoms with E-state index in [4.69, 9.17) is 0 Å². The van der Waals surface area contributed by atoms with Gasteiger partial charge >= 0.3 is 0 Å². The van der Waals surface area contributed by atoms with Gasteiger partial charge in [0.1, 0.15) is 0 Å². The third kappa shape index (κ3) is 3.58. The normalized spacial score (nSPS) is 22.9. The summed E-state index contributed by atoms with van der Waals surface area (Å²) in [6.45, 7) is 7.09. The van der Waals surface area contributed by atoms with E-state index in [1.165, 1.54) is 32.2 Å². The zero-order valence-electron chi connectivity index (χ0n) is 10.3. The lowest BCUT2D eigenvalue weighted by Gasteiger charge is -2.38. The molecule has 1 N–H and O–H groups in total. The molecule has 0 atom stereocenters. The van der Waals surface area contributed by atoms with Gasteiger partial charge in [0.25, 0.3) is 0 Å². The Hall–Kier alpha value is -0.0800. The van der Waals surface area contributed by atoms with E-state index in [1.54, 1.807) is 0 Å². The summed E-state index contributed by atoms with van der Waals surface area (Å²) in [5.41, 5.74) is 0.598. The van der Waals surface area contributed by atoms with E-state index in [0.29, 0.717) is 5.41 Å². The van der Waals surface area contributed by atoms with Gasteiger partial charge in [0.15, 0.2) is 0 Å². The van der Waals surface area contributed by atoms with Gasteiger partial charge in [-0.15, -0.1) is 0 Å². The second kappa shape index (κ2) is 5.13. The summed E-state index contributed by atoms with van der Waals surface area (Å²) in [6, 6.07) is 0.830. The molecule has 1 rings (SSSR count). The topological polar surface area (TPSA) is 15.3 Å². The lowest BCUT2D eigenvalue weighted by Crippen LogP contribution is -2.40. The van der Waals surface area contributed by atoms with Crippen molar-refractivity contribution in [1.82, 2.24) is 10.2 Å². The van der Waals surface area contributed by atoms with E-state index in [1.807, 2.05) is 7.05 Å². The van der Waals surface area contributed by atoms with Crippen molar-refractivity contribution in [3.63, 3.8) is 0 Å². The molecule has 0 aromatic heterocycles. The van der Waals surface area contributed by atoms with Crippen molar-refractivity contribution < 1.29 is 0 Å². The number of hydrogen-bond acceptors (Lipinski definition) is 2. The zero-order valence-corrected chi connectivity index (χ0v) is 10.3. The van der Waals surface area contributed by atoms with E-state index in [9.17, 15) is 0 Å². The molecule has 0 spiro atoms. The van der Waals surface area contributed by atoms with Gasteiger partial charge in [-0.1, -0.05) is 13.8 Å². The van der Waals surface area contributed by atoms with Crippen LogP contribution in [0.5, 0.6) is 0 Å². The summed E-state index contributed by atoms with van der Waals surface area (Å²) in [5.74, 6) is 0. The maximum absolute atomic E-state index is 3.21. The fourth-order valence-electron chi connectivity index (χ4n) is 2.30. The molecule has 0 aliphatic heterocycles. The molecule has 0 heterocycles. The zero-order chi connectivity index (χ0) is 10.6. The second-order valence-corrected chi connectivity index (χ2v) is 5.48. The molecule has 1 saturated carbocycles. The summed E-state index contributed by atoms with van der Waals surface area (Å²) in [4.78, 5) is 2.52. The van der Waals surface area contributed by atoms with Crippen LogP contribution in [-0.4, -0.2) is 38.1 Å². The molecule has 0 amide bonds. The molecule has 84 valence electrons. The highest BCUT2D eigenvalue weighted by molar-refractivity contribution is 4.82. The van der Waals surface area contributed by atoms with Gasteiger partial charge in [0.2, 0.25) is 0 Å². The average molecular weight is 198 g/mol. The van der Waals surface area contributed by atoms with E-state index in [0.717, 1.165) is 12.6 Å². The van der Waals surface area contributed by atoms with Gasteiger partial charge in [-0.3, -0.25) is 0 Å².